The van der Waals surface area contributed by atoms with Crippen LogP contribution in [-0.2, 0) is 27.8 Å². The van der Waals surface area contributed by atoms with Gasteiger partial charge in [-0.2, -0.15) is 0 Å². The van der Waals surface area contributed by atoms with Crippen molar-refractivity contribution >= 4 is 11.7 Å². The van der Waals surface area contributed by atoms with Gasteiger partial charge in [-0.3, -0.25) is 14.5 Å². The van der Waals surface area contributed by atoms with Crippen molar-refractivity contribution in [2.45, 2.75) is 120 Å². The van der Waals surface area contributed by atoms with E-state index in [1.54, 1.807) is 14.0 Å². The molecule has 2 bridgehead atoms. The Morgan fingerprint density at radius 3 is 2.60 bits per heavy atom. The standard InChI is InChI=1S/C39H52N2O4/c1-27(42)25-40-23-22-39-31-19-20-32(38(39)45-37-34(44-2)21-18-30(36(37)39)24-33(31)40)41(26-29-15-9-4-10-16-29)35(43)17-11-5-8-14-28-12-6-3-7-13-28/h3,6-7,12-13,18,21,29,31-33,38H,4-5,8-11,14-17,19-20,22-26H2,1-2H3/t31-,32+,33+,38-,39-/m0/s1. The molecule has 45 heavy (non-hydrogen) atoms. The number of likely N-dealkylation sites (tertiary alicyclic amines) is 1. The smallest absolute Gasteiger partial charge is 0.222 e. The molecule has 6 heteroatoms. The first-order valence-corrected chi connectivity index (χ1v) is 17.9. The monoisotopic (exact) mass is 612 g/mol. The molecular formula is C39H52N2O4. The van der Waals surface area contributed by atoms with Gasteiger partial charge in [0.2, 0.25) is 5.91 Å². The molecule has 0 aromatic heterocycles. The van der Waals surface area contributed by atoms with Crippen molar-refractivity contribution in [2.75, 3.05) is 26.7 Å². The molecule has 2 saturated carbocycles. The average Bonchev–Trinajstić information content (AvgIpc) is 3.40. The highest BCUT2D eigenvalue weighted by Crippen LogP contribution is 2.64. The van der Waals surface area contributed by atoms with Crippen molar-refractivity contribution in [1.82, 2.24) is 9.80 Å². The van der Waals surface area contributed by atoms with Crippen LogP contribution >= 0.6 is 0 Å². The maximum absolute atomic E-state index is 14.3. The predicted octanol–water partition coefficient (Wildman–Crippen LogP) is 6.90. The second-order valence-corrected chi connectivity index (χ2v) is 14.8. The first-order chi connectivity index (χ1) is 22.0. The first kappa shape index (κ1) is 30.8. The third-order valence-electron chi connectivity index (χ3n) is 12.1. The van der Waals surface area contributed by atoms with Gasteiger partial charge in [0, 0.05) is 30.0 Å². The molecule has 1 amide bonds. The van der Waals surface area contributed by atoms with Gasteiger partial charge in [-0.15, -0.1) is 0 Å². The van der Waals surface area contributed by atoms with Crippen LogP contribution in [0.2, 0.25) is 0 Å². The number of Topliss-reactive ketones (excluding diaryl/α,β-unsaturated/α-hetero) is 1. The minimum Gasteiger partial charge on any atom is -0.493 e. The molecule has 0 unspecified atom stereocenters. The third-order valence-corrected chi connectivity index (χ3v) is 12.1. The lowest BCUT2D eigenvalue weighted by atomic mass is 9.51. The van der Waals surface area contributed by atoms with Gasteiger partial charge < -0.3 is 14.4 Å². The van der Waals surface area contributed by atoms with Crippen molar-refractivity contribution in [2.24, 2.45) is 11.8 Å². The summed E-state index contributed by atoms with van der Waals surface area (Å²) in [4.78, 5) is 31.4. The number of rotatable bonds is 12. The zero-order chi connectivity index (χ0) is 31.0. The molecule has 2 aliphatic heterocycles. The number of carbonyl (C=O) groups is 2. The number of benzene rings is 2. The molecule has 2 aromatic carbocycles. The number of unbranched alkanes of at least 4 members (excludes halogenated alkanes) is 2. The van der Waals surface area contributed by atoms with Crippen molar-refractivity contribution in [3.8, 4) is 11.5 Å². The Balaban J connectivity index is 1.15. The van der Waals surface area contributed by atoms with Crippen molar-refractivity contribution in [1.29, 1.82) is 0 Å². The molecule has 1 saturated heterocycles. The summed E-state index contributed by atoms with van der Waals surface area (Å²) in [7, 11) is 1.74. The van der Waals surface area contributed by atoms with E-state index in [1.165, 1.54) is 48.8 Å². The van der Waals surface area contributed by atoms with Gasteiger partial charge in [0.25, 0.3) is 0 Å². The molecule has 5 atom stereocenters. The van der Waals surface area contributed by atoms with E-state index in [0.717, 1.165) is 76.0 Å². The van der Waals surface area contributed by atoms with Crippen molar-refractivity contribution in [3.63, 3.8) is 0 Å². The molecule has 3 aliphatic carbocycles. The summed E-state index contributed by atoms with van der Waals surface area (Å²) >= 11 is 0. The number of aryl methyl sites for hydroxylation is 1. The Morgan fingerprint density at radius 1 is 1.00 bits per heavy atom. The van der Waals surface area contributed by atoms with Gasteiger partial charge in [0.05, 0.1) is 19.7 Å². The second-order valence-electron chi connectivity index (χ2n) is 14.8. The summed E-state index contributed by atoms with van der Waals surface area (Å²) in [5.74, 6) is 3.34. The summed E-state index contributed by atoms with van der Waals surface area (Å²) in [5.41, 5.74) is 3.98. The van der Waals surface area contributed by atoms with Crippen LogP contribution in [0.5, 0.6) is 11.5 Å². The van der Waals surface area contributed by atoms with Crippen LogP contribution in [0.15, 0.2) is 42.5 Å². The van der Waals surface area contributed by atoms with E-state index in [9.17, 15) is 9.59 Å². The SMILES string of the molecule is COc1ccc2c3c1O[C@H]1[C@H](N(CC4CCCCC4)C(=O)CCCCCc4ccccc4)CC[C@H]4[C@@H](C2)N(CC(C)=O)CC[C@@]341. The van der Waals surface area contributed by atoms with Gasteiger partial charge in [-0.1, -0.05) is 62.1 Å². The van der Waals surface area contributed by atoms with Crippen molar-refractivity contribution in [3.05, 3.63) is 59.2 Å². The zero-order valence-corrected chi connectivity index (χ0v) is 27.5. The number of amides is 1. The van der Waals surface area contributed by atoms with Crippen molar-refractivity contribution < 1.29 is 19.1 Å². The number of piperidine rings is 1. The highest BCUT2D eigenvalue weighted by atomic mass is 16.5. The molecule has 6 nitrogen and oxygen atoms in total. The topological polar surface area (TPSA) is 59.1 Å². The number of carbonyl (C=O) groups excluding carboxylic acids is 2. The molecule has 1 spiro atoms. The summed E-state index contributed by atoms with van der Waals surface area (Å²) in [6, 6.07) is 15.4. The minimum atomic E-state index is -0.126. The number of hydrogen-bond donors (Lipinski definition) is 0. The van der Waals surface area contributed by atoms with Crippen LogP contribution in [0.1, 0.15) is 101 Å². The van der Waals surface area contributed by atoms with Crippen LogP contribution < -0.4 is 9.47 Å². The highest BCUT2D eigenvalue weighted by Gasteiger charge is 2.66. The second kappa shape index (κ2) is 13.1. The van der Waals surface area contributed by atoms with E-state index in [0.29, 0.717) is 36.8 Å². The number of methoxy groups -OCH3 is 1. The molecule has 7 rings (SSSR count). The summed E-state index contributed by atoms with van der Waals surface area (Å²) in [6.45, 7) is 4.02. The summed E-state index contributed by atoms with van der Waals surface area (Å²) in [5, 5.41) is 0. The van der Waals surface area contributed by atoms with E-state index >= 15 is 0 Å². The first-order valence-electron chi connectivity index (χ1n) is 17.9. The Bertz CT molecular complexity index is 1370. The molecule has 0 N–H and O–H groups in total. The fourth-order valence-corrected chi connectivity index (χ4v) is 10.2. The van der Waals surface area contributed by atoms with Crippen LogP contribution in [0.3, 0.4) is 0 Å². The van der Waals surface area contributed by atoms with Crippen LogP contribution in [-0.4, -0.2) is 66.4 Å². The van der Waals surface area contributed by atoms with Crippen LogP contribution in [0.25, 0.3) is 0 Å². The highest BCUT2D eigenvalue weighted by molar-refractivity contribution is 5.78. The Kier molecular flexibility index (Phi) is 8.96. The quantitative estimate of drug-likeness (QED) is 0.244. The van der Waals surface area contributed by atoms with Crippen LogP contribution in [0.4, 0.5) is 0 Å². The van der Waals surface area contributed by atoms with Gasteiger partial charge in [0.1, 0.15) is 11.9 Å². The molecule has 2 aromatic rings. The Morgan fingerprint density at radius 2 is 1.82 bits per heavy atom. The molecular weight excluding hydrogens is 560 g/mol. The molecule has 5 aliphatic rings. The molecule has 0 radical (unpaired) electrons. The molecule has 3 fully saturated rings. The number of ether oxygens (including phenoxy) is 2. The van der Waals surface area contributed by atoms with E-state index in [1.807, 2.05) is 0 Å². The third kappa shape index (κ3) is 5.70. The fourth-order valence-electron chi connectivity index (χ4n) is 10.2. The molecule has 242 valence electrons. The normalized spacial score (nSPS) is 28.7. The number of ketones is 1. The average molecular weight is 613 g/mol. The maximum atomic E-state index is 14.3. The Labute approximate surface area is 269 Å². The van der Waals surface area contributed by atoms with E-state index in [4.69, 9.17) is 9.47 Å². The lowest BCUT2D eigenvalue weighted by molar-refractivity contribution is -0.145. The maximum Gasteiger partial charge on any atom is 0.222 e. The zero-order valence-electron chi connectivity index (χ0n) is 27.5. The Hall–Kier alpha value is -2.86. The van der Waals surface area contributed by atoms with E-state index in [-0.39, 0.29) is 23.3 Å². The predicted molar refractivity (Wildman–Crippen MR) is 177 cm³/mol. The largest absolute Gasteiger partial charge is 0.493 e. The molecule has 2 heterocycles. The summed E-state index contributed by atoms with van der Waals surface area (Å²) in [6.07, 6.45) is 15.1. The summed E-state index contributed by atoms with van der Waals surface area (Å²) < 4.78 is 13.0. The lowest BCUT2D eigenvalue weighted by Gasteiger charge is -2.60. The minimum absolute atomic E-state index is 0.0609. The van der Waals surface area contributed by atoms with Gasteiger partial charge >= 0.3 is 0 Å². The fraction of sp³-hybridized carbons (Fsp3) is 0.641. The van der Waals surface area contributed by atoms with Gasteiger partial charge in [-0.25, -0.2) is 0 Å². The number of nitrogens with zero attached hydrogens (tertiary/aromatic N) is 2. The van der Waals surface area contributed by atoms with Gasteiger partial charge in [-0.05, 0) is 100 Å². The number of hydrogen-bond acceptors (Lipinski definition) is 5. The van der Waals surface area contributed by atoms with Crippen LogP contribution in [0, 0.1) is 11.8 Å². The van der Waals surface area contributed by atoms with E-state index < -0.39 is 0 Å². The van der Waals surface area contributed by atoms with Gasteiger partial charge in [0.15, 0.2) is 11.5 Å². The lowest BCUT2D eigenvalue weighted by Crippen LogP contribution is -2.69. The van der Waals surface area contributed by atoms with E-state index in [2.05, 4.69) is 52.3 Å².